The predicted octanol–water partition coefficient (Wildman–Crippen LogP) is 2.14. The molecule has 0 atom stereocenters. The number of amidine groups is 1. The van der Waals surface area contributed by atoms with Crippen molar-refractivity contribution in [1.82, 2.24) is 9.88 Å². The maximum atomic E-state index is 10.3. The van der Waals surface area contributed by atoms with Gasteiger partial charge in [-0.25, -0.2) is 15.1 Å². The maximum absolute atomic E-state index is 10.3. The smallest absolute Gasteiger partial charge is 0.237 e. The lowest BCUT2D eigenvalue weighted by Gasteiger charge is -2.15. The molecule has 0 aliphatic rings. The molecule has 6 nitrogen and oxygen atoms in total. The number of hydrogen-bond donors (Lipinski definition) is 0. The van der Waals surface area contributed by atoms with E-state index in [0.717, 1.165) is 4.88 Å². The zero-order chi connectivity index (χ0) is 12.1. The van der Waals surface area contributed by atoms with E-state index in [1.54, 1.807) is 24.4 Å². The minimum atomic E-state index is -0.706. The highest BCUT2D eigenvalue weighted by Gasteiger charge is 2.12. The average molecular weight is 281 g/mol. The van der Waals surface area contributed by atoms with Crippen LogP contribution >= 0.6 is 34.7 Å². The maximum Gasteiger partial charge on any atom is 0.237 e. The first-order valence-corrected chi connectivity index (χ1v) is 6.53. The lowest BCUT2D eigenvalue weighted by molar-refractivity contribution is -0.485. The minimum Gasteiger partial charge on any atom is -0.344 e. The molecule has 0 saturated carbocycles. The Morgan fingerprint density at radius 2 is 2.56 bits per heavy atom. The normalized spacial score (nSPS) is 11.6. The molecule has 0 aromatic carbocycles. The van der Waals surface area contributed by atoms with Crippen molar-refractivity contribution in [2.24, 2.45) is 5.10 Å². The molecule has 1 rings (SSSR count). The summed E-state index contributed by atoms with van der Waals surface area (Å²) < 4.78 is 0.459. The molecule has 1 aromatic rings. The first-order valence-electron chi connectivity index (χ1n) is 4.11. The Morgan fingerprint density at radius 3 is 3.00 bits per heavy atom. The van der Waals surface area contributed by atoms with Crippen LogP contribution in [0.15, 0.2) is 11.3 Å². The molecule has 0 unspecified atom stereocenters. The summed E-state index contributed by atoms with van der Waals surface area (Å²) in [7, 11) is 1.73. The number of thiazole rings is 1. The first kappa shape index (κ1) is 13.2. The number of halogens is 1. The Bertz CT molecular complexity index is 409. The fourth-order valence-corrected chi connectivity index (χ4v) is 2.56. The third kappa shape index (κ3) is 3.95. The Kier molecular flexibility index (Phi) is 4.97. The second-order valence-corrected chi connectivity index (χ2v) is 5.23. The van der Waals surface area contributed by atoms with E-state index in [1.807, 2.05) is 0 Å². The van der Waals surface area contributed by atoms with Crippen molar-refractivity contribution in [3.8, 4) is 0 Å². The van der Waals surface area contributed by atoms with E-state index in [-0.39, 0.29) is 0 Å². The number of aromatic nitrogens is 1. The molecule has 0 amide bonds. The molecule has 0 bridgehead atoms. The summed E-state index contributed by atoms with van der Waals surface area (Å²) in [4.78, 5) is 16.8. The topological polar surface area (TPSA) is 71.6 Å². The zero-order valence-electron chi connectivity index (χ0n) is 8.58. The standard InChI is InChI=1S/C7H9ClN4O2S2/c1-11(7(15-2)10-12(13)14)4-5-3-9-6(8)16-5/h3H,4H2,1-2H3/b10-7-. The summed E-state index contributed by atoms with van der Waals surface area (Å²) in [6.07, 6.45) is 3.38. The zero-order valence-corrected chi connectivity index (χ0v) is 11.0. The van der Waals surface area contributed by atoms with Crippen LogP contribution in [0.1, 0.15) is 4.88 Å². The molecule has 0 N–H and O–H groups in total. The van der Waals surface area contributed by atoms with Gasteiger partial charge in [-0.1, -0.05) is 23.4 Å². The quantitative estimate of drug-likeness (QED) is 0.367. The van der Waals surface area contributed by atoms with Crippen LogP contribution in [0.3, 0.4) is 0 Å². The van der Waals surface area contributed by atoms with Gasteiger partial charge in [-0.15, -0.1) is 11.3 Å². The fraction of sp³-hybridized carbons (Fsp3) is 0.429. The molecule has 9 heteroatoms. The Labute approximate surface area is 105 Å². The molecule has 88 valence electrons. The van der Waals surface area contributed by atoms with Crippen molar-refractivity contribution in [2.45, 2.75) is 6.54 Å². The van der Waals surface area contributed by atoms with Gasteiger partial charge in [-0.2, -0.15) is 0 Å². The molecule has 0 fully saturated rings. The molecule has 0 spiro atoms. The minimum absolute atomic E-state index is 0.342. The van der Waals surface area contributed by atoms with Gasteiger partial charge in [0.15, 0.2) is 9.50 Å². The third-order valence-corrected chi connectivity index (χ3v) is 3.45. The summed E-state index contributed by atoms with van der Waals surface area (Å²) in [6, 6.07) is 0. The molecule has 0 radical (unpaired) electrons. The molecular weight excluding hydrogens is 272 g/mol. The van der Waals surface area contributed by atoms with Gasteiger partial charge in [-0.3, -0.25) is 0 Å². The molecule has 16 heavy (non-hydrogen) atoms. The largest absolute Gasteiger partial charge is 0.344 e. The van der Waals surface area contributed by atoms with Gasteiger partial charge in [0.05, 0.1) is 11.6 Å². The van der Waals surface area contributed by atoms with Crippen molar-refractivity contribution >= 4 is 39.9 Å². The van der Waals surface area contributed by atoms with Crippen molar-refractivity contribution < 1.29 is 5.03 Å². The molecule has 0 aliphatic carbocycles. The van der Waals surface area contributed by atoms with Gasteiger partial charge in [0.2, 0.25) is 5.17 Å². The number of nitro groups is 1. The number of nitrogens with zero attached hydrogens (tertiary/aromatic N) is 4. The van der Waals surface area contributed by atoms with E-state index in [4.69, 9.17) is 11.6 Å². The lowest BCUT2D eigenvalue weighted by Crippen LogP contribution is -2.24. The Balaban J connectivity index is 2.70. The van der Waals surface area contributed by atoms with Gasteiger partial charge in [0.25, 0.3) is 0 Å². The fourth-order valence-electron chi connectivity index (χ4n) is 1.00. The molecule has 1 heterocycles. The van der Waals surface area contributed by atoms with Crippen LogP contribution in [0.25, 0.3) is 0 Å². The van der Waals surface area contributed by atoms with Gasteiger partial charge >= 0.3 is 0 Å². The van der Waals surface area contributed by atoms with Gasteiger partial charge < -0.3 is 4.90 Å². The summed E-state index contributed by atoms with van der Waals surface area (Å²) >= 11 is 8.25. The van der Waals surface area contributed by atoms with Crippen LogP contribution in [0.4, 0.5) is 0 Å². The number of rotatable bonds is 3. The molecular formula is C7H9ClN4O2S2. The predicted molar refractivity (Wildman–Crippen MR) is 66.5 cm³/mol. The molecule has 1 aromatic heterocycles. The Morgan fingerprint density at radius 1 is 1.88 bits per heavy atom. The summed E-state index contributed by atoms with van der Waals surface area (Å²) in [6.45, 7) is 0.498. The first-order chi connectivity index (χ1) is 7.52. The van der Waals surface area contributed by atoms with Crippen LogP contribution < -0.4 is 0 Å². The van der Waals surface area contributed by atoms with E-state index in [2.05, 4.69) is 10.1 Å². The molecule has 0 saturated heterocycles. The lowest BCUT2D eigenvalue weighted by atomic mass is 10.5. The number of hydrazone groups is 1. The summed E-state index contributed by atoms with van der Waals surface area (Å²) in [5.74, 6) is 0. The monoisotopic (exact) mass is 280 g/mol. The third-order valence-electron chi connectivity index (χ3n) is 1.59. The molecule has 0 aliphatic heterocycles. The van der Waals surface area contributed by atoms with Crippen LogP contribution in [0, 0.1) is 10.1 Å². The van der Waals surface area contributed by atoms with Crippen LogP contribution in [-0.2, 0) is 6.54 Å². The van der Waals surface area contributed by atoms with Crippen molar-refractivity contribution in [3.63, 3.8) is 0 Å². The number of thioether (sulfide) groups is 1. The van der Waals surface area contributed by atoms with Crippen LogP contribution in [0.5, 0.6) is 0 Å². The van der Waals surface area contributed by atoms with Crippen LogP contribution in [-0.4, -0.2) is 33.4 Å². The highest BCUT2D eigenvalue weighted by atomic mass is 35.5. The van der Waals surface area contributed by atoms with E-state index in [0.29, 0.717) is 16.2 Å². The van der Waals surface area contributed by atoms with Crippen LogP contribution in [0.2, 0.25) is 4.47 Å². The van der Waals surface area contributed by atoms with Crippen molar-refractivity contribution in [3.05, 3.63) is 25.7 Å². The second kappa shape index (κ2) is 6.02. The van der Waals surface area contributed by atoms with Gasteiger partial charge in [0, 0.05) is 18.1 Å². The highest BCUT2D eigenvalue weighted by molar-refractivity contribution is 8.13. The van der Waals surface area contributed by atoms with Crippen molar-refractivity contribution in [1.29, 1.82) is 0 Å². The van der Waals surface area contributed by atoms with Crippen molar-refractivity contribution in [2.75, 3.05) is 13.3 Å². The van der Waals surface area contributed by atoms with E-state index in [1.165, 1.54) is 23.1 Å². The SMILES string of the molecule is CS/C(=N\[N+](=O)[O-])N(C)Cc1cnc(Cl)s1. The summed E-state index contributed by atoms with van der Waals surface area (Å²) in [5.41, 5.74) is 0. The highest BCUT2D eigenvalue weighted by Crippen LogP contribution is 2.19. The number of hydrogen-bond acceptors (Lipinski definition) is 5. The van der Waals surface area contributed by atoms with Gasteiger partial charge in [-0.05, 0) is 6.26 Å². The van der Waals surface area contributed by atoms with E-state index in [9.17, 15) is 10.1 Å². The second-order valence-electron chi connectivity index (χ2n) is 2.76. The van der Waals surface area contributed by atoms with E-state index >= 15 is 0 Å². The van der Waals surface area contributed by atoms with E-state index < -0.39 is 5.03 Å². The average Bonchev–Trinajstić information content (AvgIpc) is 2.60. The summed E-state index contributed by atoms with van der Waals surface area (Å²) in [5, 5.41) is 13.2. The Hall–Kier alpha value is -0.860. The van der Waals surface area contributed by atoms with Gasteiger partial charge in [0.1, 0.15) is 0 Å².